The van der Waals surface area contributed by atoms with Gasteiger partial charge in [0, 0.05) is 11.3 Å². The van der Waals surface area contributed by atoms with Gasteiger partial charge in [0.1, 0.15) is 6.04 Å². The smallest absolute Gasteiger partial charge is 0.326 e. The van der Waals surface area contributed by atoms with Crippen LogP contribution in [0.2, 0.25) is 0 Å². The van der Waals surface area contributed by atoms with Crippen LogP contribution >= 0.6 is 23.5 Å². The molecular formula is C13H24N2O3S2. The monoisotopic (exact) mass is 320 g/mol. The van der Waals surface area contributed by atoms with Crippen molar-refractivity contribution in [2.75, 3.05) is 17.8 Å². The summed E-state index contributed by atoms with van der Waals surface area (Å²) in [5, 5.41) is 15.1. The molecule has 0 spiro atoms. The first-order chi connectivity index (χ1) is 9.56. The van der Waals surface area contributed by atoms with Crippen LogP contribution in [0.25, 0.3) is 0 Å². The summed E-state index contributed by atoms with van der Waals surface area (Å²) >= 11 is 3.51. The number of aliphatic carboxylic acids is 1. The zero-order valence-electron chi connectivity index (χ0n) is 12.1. The predicted octanol–water partition coefficient (Wildman–Crippen LogP) is 2.17. The first-order valence-corrected chi connectivity index (χ1v) is 9.41. The van der Waals surface area contributed by atoms with E-state index in [9.17, 15) is 9.59 Å². The molecule has 0 radical (unpaired) electrons. The minimum Gasteiger partial charge on any atom is -0.480 e. The Balaban J connectivity index is 2.33. The summed E-state index contributed by atoms with van der Waals surface area (Å²) in [5.74, 6) is 0.843. The largest absolute Gasteiger partial charge is 0.480 e. The highest BCUT2D eigenvalue weighted by atomic mass is 32.2. The van der Waals surface area contributed by atoms with E-state index in [1.165, 1.54) is 0 Å². The number of carbonyl (C=O) groups is 2. The molecule has 7 heteroatoms. The third-order valence-corrected chi connectivity index (χ3v) is 5.21. The minimum atomic E-state index is -0.972. The summed E-state index contributed by atoms with van der Waals surface area (Å²) in [6.07, 6.45) is 5.45. The SMILES string of the molecule is CCSC1CCC(NC(=O)N[C@@H](CCSC)C(=O)O)C1. The topological polar surface area (TPSA) is 78.4 Å². The van der Waals surface area contributed by atoms with Crippen LogP contribution in [0.1, 0.15) is 32.6 Å². The van der Waals surface area contributed by atoms with Crippen LogP contribution in [-0.4, -0.2) is 52.2 Å². The summed E-state index contributed by atoms with van der Waals surface area (Å²) in [6.45, 7) is 2.14. The molecule has 1 rings (SSSR count). The summed E-state index contributed by atoms with van der Waals surface area (Å²) < 4.78 is 0. The van der Waals surface area contributed by atoms with Crippen LogP contribution in [-0.2, 0) is 4.79 Å². The van der Waals surface area contributed by atoms with Crippen molar-refractivity contribution in [3.63, 3.8) is 0 Å². The summed E-state index contributed by atoms with van der Waals surface area (Å²) in [4.78, 5) is 22.9. The van der Waals surface area contributed by atoms with Gasteiger partial charge in [0.05, 0.1) is 0 Å². The van der Waals surface area contributed by atoms with Crippen LogP contribution in [0.3, 0.4) is 0 Å². The molecule has 1 saturated carbocycles. The Labute approximate surface area is 129 Å². The Morgan fingerprint density at radius 2 is 2.15 bits per heavy atom. The summed E-state index contributed by atoms with van der Waals surface area (Å²) in [7, 11) is 0. The van der Waals surface area contributed by atoms with Gasteiger partial charge in [-0.1, -0.05) is 6.92 Å². The molecule has 0 aromatic rings. The molecule has 1 fully saturated rings. The van der Waals surface area contributed by atoms with Gasteiger partial charge in [-0.05, 0) is 43.4 Å². The second-order valence-corrected chi connectivity index (χ2v) is 7.44. The first kappa shape index (κ1) is 17.5. The average Bonchev–Trinajstić information content (AvgIpc) is 2.82. The van der Waals surface area contributed by atoms with Crippen molar-refractivity contribution in [2.24, 2.45) is 0 Å². The molecule has 0 bridgehead atoms. The van der Waals surface area contributed by atoms with Gasteiger partial charge >= 0.3 is 12.0 Å². The predicted molar refractivity (Wildman–Crippen MR) is 85.6 cm³/mol. The van der Waals surface area contributed by atoms with Crippen LogP contribution < -0.4 is 10.6 Å². The number of rotatable bonds is 8. The molecule has 2 unspecified atom stereocenters. The highest BCUT2D eigenvalue weighted by Gasteiger charge is 2.27. The number of carboxylic acid groups (broad SMARTS) is 1. The molecule has 5 nitrogen and oxygen atoms in total. The van der Waals surface area contributed by atoms with E-state index in [0.29, 0.717) is 11.7 Å². The lowest BCUT2D eigenvalue weighted by molar-refractivity contribution is -0.139. The van der Waals surface area contributed by atoms with E-state index in [4.69, 9.17) is 5.11 Å². The van der Waals surface area contributed by atoms with Gasteiger partial charge in [0.2, 0.25) is 0 Å². The quantitative estimate of drug-likeness (QED) is 0.639. The fraction of sp³-hybridized carbons (Fsp3) is 0.846. The summed E-state index contributed by atoms with van der Waals surface area (Å²) in [6, 6.07) is -0.982. The van der Waals surface area contributed by atoms with Crippen molar-refractivity contribution >= 4 is 35.5 Å². The maximum atomic E-state index is 11.8. The molecule has 0 heterocycles. The van der Waals surface area contributed by atoms with Crippen LogP contribution in [0.15, 0.2) is 0 Å². The molecule has 1 aliphatic carbocycles. The number of carbonyl (C=O) groups excluding carboxylic acids is 1. The fourth-order valence-corrected chi connectivity index (χ4v) is 3.95. The van der Waals surface area contributed by atoms with Crippen molar-refractivity contribution in [3.8, 4) is 0 Å². The first-order valence-electron chi connectivity index (χ1n) is 6.97. The van der Waals surface area contributed by atoms with Crippen molar-refractivity contribution in [2.45, 2.75) is 49.9 Å². The Hall–Kier alpha value is -0.560. The molecule has 0 saturated heterocycles. The van der Waals surface area contributed by atoms with E-state index in [1.807, 2.05) is 18.0 Å². The van der Waals surface area contributed by atoms with E-state index in [2.05, 4.69) is 17.6 Å². The third-order valence-electron chi connectivity index (χ3n) is 3.34. The number of carboxylic acids is 1. The van der Waals surface area contributed by atoms with Crippen molar-refractivity contribution in [3.05, 3.63) is 0 Å². The van der Waals surface area contributed by atoms with Gasteiger partial charge in [-0.25, -0.2) is 9.59 Å². The van der Waals surface area contributed by atoms with Gasteiger partial charge in [-0.3, -0.25) is 0 Å². The average molecular weight is 320 g/mol. The maximum Gasteiger partial charge on any atom is 0.326 e. The summed E-state index contributed by atoms with van der Waals surface area (Å²) in [5.41, 5.74) is 0. The van der Waals surface area contributed by atoms with Crippen molar-refractivity contribution < 1.29 is 14.7 Å². The number of hydrogen-bond donors (Lipinski definition) is 3. The van der Waals surface area contributed by atoms with Gasteiger partial charge in [-0.15, -0.1) is 0 Å². The molecule has 20 heavy (non-hydrogen) atoms. The van der Waals surface area contributed by atoms with Gasteiger partial charge < -0.3 is 15.7 Å². The Morgan fingerprint density at radius 1 is 1.40 bits per heavy atom. The number of thioether (sulfide) groups is 2. The Morgan fingerprint density at radius 3 is 2.75 bits per heavy atom. The van der Waals surface area contributed by atoms with E-state index < -0.39 is 12.0 Å². The Bertz CT molecular complexity index is 329. The third kappa shape index (κ3) is 6.26. The Kier molecular flexibility index (Phi) is 8.21. The molecule has 2 amide bonds. The van der Waals surface area contributed by atoms with Crippen LogP contribution in [0.4, 0.5) is 4.79 Å². The van der Waals surface area contributed by atoms with Crippen LogP contribution in [0.5, 0.6) is 0 Å². The minimum absolute atomic E-state index is 0.175. The molecule has 3 N–H and O–H groups in total. The highest BCUT2D eigenvalue weighted by Crippen LogP contribution is 2.29. The zero-order chi connectivity index (χ0) is 15.0. The molecule has 0 aromatic heterocycles. The van der Waals surface area contributed by atoms with Gasteiger partial charge in [0.25, 0.3) is 0 Å². The fourth-order valence-electron chi connectivity index (χ4n) is 2.34. The van der Waals surface area contributed by atoms with E-state index >= 15 is 0 Å². The van der Waals surface area contributed by atoms with Crippen molar-refractivity contribution in [1.29, 1.82) is 0 Å². The highest BCUT2D eigenvalue weighted by molar-refractivity contribution is 7.99. The van der Waals surface area contributed by atoms with Crippen LogP contribution in [0, 0.1) is 0 Å². The number of urea groups is 1. The zero-order valence-corrected chi connectivity index (χ0v) is 13.7. The lowest BCUT2D eigenvalue weighted by atomic mass is 10.2. The standard InChI is InChI=1S/C13H24N2O3S2/c1-3-20-10-5-4-9(8-10)14-13(18)15-11(12(16)17)6-7-19-2/h9-11H,3-8H2,1-2H3,(H,16,17)(H2,14,15,18)/t9?,10?,11-/m0/s1. The molecule has 3 atom stereocenters. The second kappa shape index (κ2) is 9.39. The molecule has 116 valence electrons. The molecular weight excluding hydrogens is 296 g/mol. The number of hydrogen-bond acceptors (Lipinski definition) is 4. The van der Waals surface area contributed by atoms with E-state index in [-0.39, 0.29) is 12.1 Å². The van der Waals surface area contributed by atoms with E-state index in [0.717, 1.165) is 30.8 Å². The van der Waals surface area contributed by atoms with Gasteiger partial charge in [0.15, 0.2) is 0 Å². The number of nitrogens with one attached hydrogen (secondary N) is 2. The molecule has 0 aromatic carbocycles. The normalized spacial score (nSPS) is 23.3. The molecule has 0 aliphatic heterocycles. The lowest BCUT2D eigenvalue weighted by Crippen LogP contribution is -2.48. The maximum absolute atomic E-state index is 11.8. The molecule has 1 aliphatic rings. The van der Waals surface area contributed by atoms with Gasteiger partial charge in [-0.2, -0.15) is 23.5 Å². The number of amides is 2. The lowest BCUT2D eigenvalue weighted by Gasteiger charge is -2.18. The van der Waals surface area contributed by atoms with Crippen molar-refractivity contribution in [1.82, 2.24) is 10.6 Å². The van der Waals surface area contributed by atoms with E-state index in [1.54, 1.807) is 11.8 Å². The second-order valence-electron chi connectivity index (χ2n) is 4.88.